The lowest BCUT2D eigenvalue weighted by Crippen LogP contribution is -2.27. The van der Waals surface area contributed by atoms with Crippen LogP contribution in [0.1, 0.15) is 30.3 Å². The van der Waals surface area contributed by atoms with E-state index in [4.69, 9.17) is 0 Å². The minimum Gasteiger partial charge on any atom is -0.361 e. The molecule has 130 valence electrons. The Labute approximate surface area is 150 Å². The van der Waals surface area contributed by atoms with Gasteiger partial charge < -0.3 is 14.9 Å². The number of nitrogens with one attached hydrogen (secondary N) is 2. The van der Waals surface area contributed by atoms with E-state index in [1.54, 1.807) is 0 Å². The summed E-state index contributed by atoms with van der Waals surface area (Å²) >= 11 is 1.47. The summed E-state index contributed by atoms with van der Waals surface area (Å²) in [6.45, 7) is 2.60. The number of fused-ring (bicyclic) bond motifs is 1. The monoisotopic (exact) mass is 355 g/mol. The van der Waals surface area contributed by atoms with E-state index < -0.39 is 0 Å². The van der Waals surface area contributed by atoms with Crippen molar-refractivity contribution in [1.82, 2.24) is 25.1 Å². The number of nitrogens with zero attached hydrogens (tertiary/aromatic N) is 3. The Morgan fingerprint density at radius 3 is 3.04 bits per heavy atom. The van der Waals surface area contributed by atoms with E-state index in [-0.39, 0.29) is 5.91 Å². The summed E-state index contributed by atoms with van der Waals surface area (Å²) in [6, 6.07) is 8.75. The van der Waals surface area contributed by atoms with Gasteiger partial charge in [-0.05, 0) is 37.8 Å². The fourth-order valence-corrected chi connectivity index (χ4v) is 3.94. The number of aromatic amines is 1. The highest BCUT2D eigenvalue weighted by molar-refractivity contribution is 7.99. The van der Waals surface area contributed by atoms with Crippen LogP contribution in [0.3, 0.4) is 0 Å². The minimum atomic E-state index is 0.0350. The second-order valence-corrected chi connectivity index (χ2v) is 7.32. The van der Waals surface area contributed by atoms with Crippen LogP contribution < -0.4 is 5.32 Å². The zero-order chi connectivity index (χ0) is 17.2. The van der Waals surface area contributed by atoms with Crippen LogP contribution in [0, 0.1) is 6.92 Å². The van der Waals surface area contributed by atoms with Crippen molar-refractivity contribution in [3.05, 3.63) is 41.9 Å². The fraction of sp³-hybridized carbons (Fsp3) is 0.389. The van der Waals surface area contributed by atoms with Gasteiger partial charge in [0.25, 0.3) is 0 Å². The number of benzene rings is 1. The molecule has 0 bridgehead atoms. The van der Waals surface area contributed by atoms with E-state index in [0.717, 1.165) is 22.9 Å². The Bertz CT molecular complexity index is 896. The molecule has 2 heterocycles. The minimum absolute atomic E-state index is 0.0350. The summed E-state index contributed by atoms with van der Waals surface area (Å²) in [5.74, 6) is 1.34. The van der Waals surface area contributed by atoms with Crippen LogP contribution in [0.5, 0.6) is 0 Å². The molecule has 1 aliphatic rings. The van der Waals surface area contributed by atoms with Gasteiger partial charge in [-0.15, -0.1) is 10.2 Å². The summed E-state index contributed by atoms with van der Waals surface area (Å²) < 4.78 is 2.16. The molecule has 4 rings (SSSR count). The molecule has 6 nitrogen and oxygen atoms in total. The second kappa shape index (κ2) is 6.92. The number of hydrogen-bond donors (Lipinski definition) is 2. The van der Waals surface area contributed by atoms with Crippen LogP contribution in [-0.4, -0.2) is 38.0 Å². The smallest absolute Gasteiger partial charge is 0.230 e. The largest absolute Gasteiger partial charge is 0.361 e. The molecule has 3 aromatic rings. The van der Waals surface area contributed by atoms with Crippen LogP contribution in [-0.2, 0) is 11.2 Å². The third-order valence-electron chi connectivity index (χ3n) is 4.47. The van der Waals surface area contributed by atoms with Gasteiger partial charge in [-0.3, -0.25) is 4.79 Å². The van der Waals surface area contributed by atoms with E-state index in [1.807, 2.05) is 25.3 Å². The number of para-hydroxylation sites is 1. The number of aromatic nitrogens is 4. The molecule has 1 fully saturated rings. The Balaban J connectivity index is 1.27. The topological polar surface area (TPSA) is 75.6 Å². The third kappa shape index (κ3) is 3.56. The summed E-state index contributed by atoms with van der Waals surface area (Å²) in [7, 11) is 0. The Morgan fingerprint density at radius 1 is 1.36 bits per heavy atom. The van der Waals surface area contributed by atoms with E-state index in [0.29, 0.717) is 18.3 Å². The molecule has 0 unspecified atom stereocenters. The number of carbonyl (C=O) groups is 1. The Kier molecular flexibility index (Phi) is 4.48. The number of aryl methyl sites for hydroxylation is 1. The van der Waals surface area contributed by atoms with E-state index >= 15 is 0 Å². The van der Waals surface area contributed by atoms with E-state index in [1.165, 1.54) is 35.6 Å². The first-order valence-corrected chi connectivity index (χ1v) is 9.57. The van der Waals surface area contributed by atoms with Gasteiger partial charge in [0, 0.05) is 29.7 Å². The average molecular weight is 355 g/mol. The molecular formula is C18H21N5OS. The molecule has 1 amide bonds. The third-order valence-corrected chi connectivity index (χ3v) is 5.41. The quantitative estimate of drug-likeness (QED) is 0.639. The van der Waals surface area contributed by atoms with Crippen LogP contribution in [0.2, 0.25) is 0 Å². The molecule has 2 N–H and O–H groups in total. The molecule has 1 aliphatic carbocycles. The number of amides is 1. The highest BCUT2D eigenvalue weighted by Crippen LogP contribution is 2.38. The van der Waals surface area contributed by atoms with Crippen molar-refractivity contribution < 1.29 is 4.79 Å². The number of thioether (sulfide) groups is 1. The van der Waals surface area contributed by atoms with Crippen molar-refractivity contribution in [2.45, 2.75) is 37.4 Å². The van der Waals surface area contributed by atoms with Crippen molar-refractivity contribution in [3.63, 3.8) is 0 Å². The molecule has 25 heavy (non-hydrogen) atoms. The molecule has 0 spiro atoms. The SMILES string of the molecule is Cc1nnc(SCC(=O)NCCc2c[nH]c3ccccc23)n1C1CC1. The van der Waals surface area contributed by atoms with Gasteiger partial charge in [0.05, 0.1) is 5.75 Å². The van der Waals surface area contributed by atoms with E-state index in [2.05, 4.69) is 37.2 Å². The Morgan fingerprint density at radius 2 is 2.20 bits per heavy atom. The molecule has 0 aliphatic heterocycles. The van der Waals surface area contributed by atoms with Gasteiger partial charge in [-0.2, -0.15) is 0 Å². The maximum atomic E-state index is 12.1. The van der Waals surface area contributed by atoms with E-state index in [9.17, 15) is 4.79 Å². The lowest BCUT2D eigenvalue weighted by Gasteiger charge is -2.07. The fourth-order valence-electron chi connectivity index (χ4n) is 3.06. The summed E-state index contributed by atoms with van der Waals surface area (Å²) in [5.41, 5.74) is 2.36. The van der Waals surface area contributed by atoms with Gasteiger partial charge in [-0.1, -0.05) is 30.0 Å². The average Bonchev–Trinajstić information content (AvgIpc) is 3.27. The van der Waals surface area contributed by atoms with Gasteiger partial charge in [0.1, 0.15) is 5.82 Å². The highest BCUT2D eigenvalue weighted by atomic mass is 32.2. The van der Waals surface area contributed by atoms with Gasteiger partial charge >= 0.3 is 0 Å². The lowest BCUT2D eigenvalue weighted by atomic mass is 10.1. The molecule has 1 aromatic carbocycles. The number of carbonyl (C=O) groups excluding carboxylic acids is 1. The van der Waals surface area contributed by atoms with Gasteiger partial charge in [-0.25, -0.2) is 0 Å². The number of hydrogen-bond acceptors (Lipinski definition) is 4. The second-order valence-electron chi connectivity index (χ2n) is 6.38. The van der Waals surface area contributed by atoms with Crippen LogP contribution in [0.15, 0.2) is 35.6 Å². The van der Waals surface area contributed by atoms with Crippen LogP contribution >= 0.6 is 11.8 Å². The zero-order valence-electron chi connectivity index (χ0n) is 14.2. The maximum absolute atomic E-state index is 12.1. The van der Waals surface area contributed by atoms with Crippen molar-refractivity contribution in [1.29, 1.82) is 0 Å². The van der Waals surface area contributed by atoms with Crippen molar-refractivity contribution in [2.24, 2.45) is 0 Å². The number of rotatable bonds is 7. The predicted molar refractivity (Wildman–Crippen MR) is 98.8 cm³/mol. The molecule has 0 atom stereocenters. The molecule has 1 saturated carbocycles. The predicted octanol–water partition coefficient (Wildman–Crippen LogP) is 2.85. The van der Waals surface area contributed by atoms with Crippen molar-refractivity contribution >= 4 is 28.6 Å². The first-order chi connectivity index (χ1) is 12.2. The standard InChI is InChI=1S/C18H21N5OS/c1-12-21-22-18(23(12)14-6-7-14)25-11-17(24)19-9-8-13-10-20-16-5-3-2-4-15(13)16/h2-5,10,14,20H,6-9,11H2,1H3,(H,19,24). The summed E-state index contributed by atoms with van der Waals surface area (Å²) in [4.78, 5) is 15.4. The molecule has 0 radical (unpaired) electrons. The normalized spacial score (nSPS) is 14.1. The van der Waals surface area contributed by atoms with Crippen molar-refractivity contribution in [3.8, 4) is 0 Å². The summed E-state index contributed by atoms with van der Waals surface area (Å²) in [6.07, 6.45) is 5.21. The van der Waals surface area contributed by atoms with Crippen molar-refractivity contribution in [2.75, 3.05) is 12.3 Å². The molecule has 7 heteroatoms. The molecule has 2 aromatic heterocycles. The maximum Gasteiger partial charge on any atom is 0.230 e. The van der Waals surface area contributed by atoms with Crippen LogP contribution in [0.25, 0.3) is 10.9 Å². The first kappa shape index (κ1) is 16.2. The summed E-state index contributed by atoms with van der Waals surface area (Å²) in [5, 5.41) is 13.4. The number of H-pyrrole nitrogens is 1. The van der Waals surface area contributed by atoms with Crippen LogP contribution in [0.4, 0.5) is 0 Å². The van der Waals surface area contributed by atoms with Gasteiger partial charge in [0.2, 0.25) is 5.91 Å². The zero-order valence-corrected chi connectivity index (χ0v) is 15.0. The molecular weight excluding hydrogens is 334 g/mol. The lowest BCUT2D eigenvalue weighted by molar-refractivity contribution is -0.118. The van der Waals surface area contributed by atoms with Gasteiger partial charge in [0.15, 0.2) is 5.16 Å². The first-order valence-electron chi connectivity index (χ1n) is 8.58. The molecule has 0 saturated heterocycles. The highest BCUT2D eigenvalue weighted by Gasteiger charge is 2.28. The Hall–Kier alpha value is -2.28.